The zero-order valence-corrected chi connectivity index (χ0v) is 16.9. The fourth-order valence-electron chi connectivity index (χ4n) is 3.36. The second-order valence-corrected chi connectivity index (χ2v) is 8.52. The van der Waals surface area contributed by atoms with E-state index in [9.17, 15) is 13.2 Å². The Morgan fingerprint density at radius 3 is 2.77 bits per heavy atom. The monoisotopic (exact) mass is 422 g/mol. The van der Waals surface area contributed by atoms with Gasteiger partial charge in [-0.1, -0.05) is 6.07 Å². The molecule has 30 heavy (non-hydrogen) atoms. The van der Waals surface area contributed by atoms with Gasteiger partial charge in [0.2, 0.25) is 0 Å². The van der Waals surface area contributed by atoms with E-state index in [1.807, 2.05) is 11.0 Å². The quantitative estimate of drug-likeness (QED) is 0.673. The van der Waals surface area contributed by atoms with Crippen molar-refractivity contribution in [3.8, 4) is 6.07 Å². The smallest absolute Gasteiger partial charge is 0.283 e. The standard InChI is InChI=1S/C20H18N6O3S/c1-22-20(27)18-6-5-16(12-23-18)25-8-7-15-11-24-26(19(15)13-25)30(28,29)17-4-2-3-14(9-17)10-21/h2-6,9,11-12H,7-8,13H2,1H3,(H,22,27). The minimum absolute atomic E-state index is 0.0150. The van der Waals surface area contributed by atoms with Crippen LogP contribution in [0.15, 0.2) is 53.7 Å². The molecule has 0 atom stereocenters. The number of rotatable bonds is 4. The van der Waals surface area contributed by atoms with Gasteiger partial charge < -0.3 is 10.2 Å². The Morgan fingerprint density at radius 2 is 2.07 bits per heavy atom. The van der Waals surface area contributed by atoms with E-state index in [-0.39, 0.29) is 16.4 Å². The molecule has 0 bridgehead atoms. The van der Waals surface area contributed by atoms with E-state index < -0.39 is 10.0 Å². The van der Waals surface area contributed by atoms with Crippen molar-refractivity contribution in [3.63, 3.8) is 0 Å². The maximum atomic E-state index is 13.1. The molecule has 1 amide bonds. The number of nitrogens with zero attached hydrogens (tertiary/aromatic N) is 5. The number of aromatic nitrogens is 3. The molecular weight excluding hydrogens is 404 g/mol. The van der Waals surface area contributed by atoms with Gasteiger partial charge in [-0.25, -0.2) is 4.98 Å². The molecule has 0 spiro atoms. The molecule has 1 aliphatic heterocycles. The topological polar surface area (TPSA) is 121 Å². The van der Waals surface area contributed by atoms with Crippen LogP contribution in [0, 0.1) is 11.3 Å². The van der Waals surface area contributed by atoms with Crippen molar-refractivity contribution in [2.24, 2.45) is 0 Å². The number of hydrogen-bond donors (Lipinski definition) is 1. The van der Waals surface area contributed by atoms with Crippen molar-refractivity contribution in [1.29, 1.82) is 5.26 Å². The van der Waals surface area contributed by atoms with Crippen LogP contribution in [0.5, 0.6) is 0 Å². The van der Waals surface area contributed by atoms with Crippen LogP contribution in [0.25, 0.3) is 0 Å². The Hall–Kier alpha value is -3.71. The van der Waals surface area contributed by atoms with Gasteiger partial charge in [-0.3, -0.25) is 4.79 Å². The van der Waals surface area contributed by atoms with E-state index >= 15 is 0 Å². The van der Waals surface area contributed by atoms with Crippen LogP contribution in [-0.2, 0) is 23.0 Å². The first kappa shape index (κ1) is 19.6. The van der Waals surface area contributed by atoms with E-state index in [4.69, 9.17) is 5.26 Å². The summed E-state index contributed by atoms with van der Waals surface area (Å²) in [7, 11) is -2.40. The highest BCUT2D eigenvalue weighted by Crippen LogP contribution is 2.26. The van der Waals surface area contributed by atoms with Crippen LogP contribution in [-0.4, -0.2) is 42.1 Å². The van der Waals surface area contributed by atoms with Crippen LogP contribution in [0.3, 0.4) is 0 Å². The number of hydrogen-bond acceptors (Lipinski definition) is 7. The van der Waals surface area contributed by atoms with Gasteiger partial charge >= 0.3 is 0 Å². The van der Waals surface area contributed by atoms with Gasteiger partial charge in [0, 0.05) is 13.6 Å². The number of anilines is 1. The molecule has 3 heterocycles. The number of pyridine rings is 1. The molecule has 0 radical (unpaired) electrons. The molecule has 0 saturated heterocycles. The van der Waals surface area contributed by atoms with Crippen molar-refractivity contribution < 1.29 is 13.2 Å². The first-order valence-corrected chi connectivity index (χ1v) is 10.6. The molecule has 0 aliphatic carbocycles. The molecule has 0 saturated carbocycles. The predicted octanol–water partition coefficient (Wildman–Crippen LogP) is 1.31. The van der Waals surface area contributed by atoms with Crippen LogP contribution < -0.4 is 10.2 Å². The highest BCUT2D eigenvalue weighted by molar-refractivity contribution is 7.89. The summed E-state index contributed by atoms with van der Waals surface area (Å²) < 4.78 is 27.3. The molecule has 10 heteroatoms. The highest BCUT2D eigenvalue weighted by Gasteiger charge is 2.28. The number of fused-ring (bicyclic) bond motifs is 1. The fourth-order valence-corrected chi connectivity index (χ4v) is 4.73. The molecule has 1 aliphatic rings. The van der Waals surface area contributed by atoms with E-state index in [1.165, 1.54) is 25.2 Å². The zero-order valence-electron chi connectivity index (χ0n) is 16.1. The highest BCUT2D eigenvalue weighted by atomic mass is 32.2. The van der Waals surface area contributed by atoms with Gasteiger partial charge in [0.05, 0.1) is 46.8 Å². The molecule has 0 unspecified atom stereocenters. The van der Waals surface area contributed by atoms with Crippen LogP contribution in [0.4, 0.5) is 5.69 Å². The average Bonchev–Trinajstić information content (AvgIpc) is 3.23. The Bertz CT molecular complexity index is 1260. The number of nitriles is 1. The molecular formula is C20H18N6O3S. The van der Waals surface area contributed by atoms with Gasteiger partial charge in [-0.15, -0.1) is 0 Å². The SMILES string of the molecule is CNC(=O)c1ccc(N2CCc3cnn(S(=O)(=O)c4cccc(C#N)c4)c3C2)cn1. The third kappa shape index (κ3) is 3.40. The third-order valence-corrected chi connectivity index (χ3v) is 6.59. The average molecular weight is 422 g/mol. The van der Waals surface area contributed by atoms with E-state index in [0.717, 1.165) is 15.3 Å². The van der Waals surface area contributed by atoms with Gasteiger partial charge in [0.25, 0.3) is 15.9 Å². The normalized spacial score (nSPS) is 13.4. The summed E-state index contributed by atoms with van der Waals surface area (Å²) >= 11 is 0. The summed E-state index contributed by atoms with van der Waals surface area (Å²) in [6.07, 6.45) is 3.80. The van der Waals surface area contributed by atoms with Gasteiger partial charge in [0.1, 0.15) is 5.69 Å². The molecule has 0 fully saturated rings. The summed E-state index contributed by atoms with van der Waals surface area (Å²) in [5, 5.41) is 15.7. The lowest BCUT2D eigenvalue weighted by Gasteiger charge is -2.29. The summed E-state index contributed by atoms with van der Waals surface area (Å²) in [4.78, 5) is 17.9. The summed E-state index contributed by atoms with van der Waals surface area (Å²) in [5.74, 6) is -0.272. The first-order valence-electron chi connectivity index (χ1n) is 9.18. The second-order valence-electron chi connectivity index (χ2n) is 6.76. The number of carbonyl (C=O) groups is 1. The molecule has 2 aromatic heterocycles. The van der Waals surface area contributed by atoms with E-state index in [1.54, 1.807) is 30.6 Å². The fraction of sp³-hybridized carbons (Fsp3) is 0.200. The van der Waals surface area contributed by atoms with Crippen LogP contribution in [0.2, 0.25) is 0 Å². The Kier molecular flexibility index (Phi) is 4.97. The largest absolute Gasteiger partial charge is 0.364 e. The minimum Gasteiger partial charge on any atom is -0.364 e. The Labute approximate surface area is 173 Å². The number of carbonyl (C=O) groups excluding carboxylic acids is 1. The van der Waals surface area contributed by atoms with Crippen molar-refractivity contribution in [2.75, 3.05) is 18.5 Å². The molecule has 9 nitrogen and oxygen atoms in total. The Balaban J connectivity index is 1.66. The van der Waals surface area contributed by atoms with Crippen molar-refractivity contribution in [2.45, 2.75) is 17.9 Å². The lowest BCUT2D eigenvalue weighted by atomic mass is 10.1. The second kappa shape index (κ2) is 7.61. The lowest BCUT2D eigenvalue weighted by molar-refractivity contribution is 0.0958. The number of nitrogens with one attached hydrogen (secondary N) is 1. The number of amides is 1. The van der Waals surface area contributed by atoms with Gasteiger partial charge in [0.15, 0.2) is 0 Å². The number of benzene rings is 1. The van der Waals surface area contributed by atoms with Crippen LogP contribution >= 0.6 is 0 Å². The van der Waals surface area contributed by atoms with Gasteiger partial charge in [-0.05, 0) is 42.3 Å². The molecule has 4 rings (SSSR count). The van der Waals surface area contributed by atoms with Crippen molar-refractivity contribution >= 4 is 21.6 Å². The maximum Gasteiger partial charge on any atom is 0.283 e. The summed E-state index contributed by atoms with van der Waals surface area (Å²) in [5.41, 5.74) is 2.79. The van der Waals surface area contributed by atoms with Crippen LogP contribution in [0.1, 0.15) is 27.3 Å². The molecule has 1 aromatic carbocycles. The van der Waals surface area contributed by atoms with E-state index in [2.05, 4.69) is 15.4 Å². The summed E-state index contributed by atoms with van der Waals surface area (Å²) in [6, 6.07) is 11.2. The van der Waals surface area contributed by atoms with E-state index in [0.29, 0.717) is 30.9 Å². The summed E-state index contributed by atoms with van der Waals surface area (Å²) in [6.45, 7) is 0.997. The maximum absolute atomic E-state index is 13.1. The zero-order chi connectivity index (χ0) is 21.3. The third-order valence-electron chi connectivity index (χ3n) is 4.97. The molecule has 152 valence electrons. The minimum atomic E-state index is -3.94. The lowest BCUT2D eigenvalue weighted by Crippen LogP contribution is -2.33. The first-order chi connectivity index (χ1) is 14.4. The predicted molar refractivity (Wildman–Crippen MR) is 108 cm³/mol. The Morgan fingerprint density at radius 1 is 1.23 bits per heavy atom. The van der Waals surface area contributed by atoms with Crippen molar-refractivity contribution in [3.05, 3.63) is 71.3 Å². The molecule has 1 N–H and O–H groups in total. The van der Waals surface area contributed by atoms with Gasteiger partial charge in [-0.2, -0.15) is 22.9 Å². The van der Waals surface area contributed by atoms with Crippen molar-refractivity contribution in [1.82, 2.24) is 19.5 Å². The molecule has 3 aromatic rings.